The molecule has 0 heterocycles. The molecule has 0 radical (unpaired) electrons. The van der Waals surface area contributed by atoms with E-state index >= 15 is 0 Å². The van der Waals surface area contributed by atoms with Gasteiger partial charge in [-0.25, -0.2) is 0 Å². The predicted molar refractivity (Wildman–Crippen MR) is 68.0 cm³/mol. The van der Waals surface area contributed by atoms with Crippen LogP contribution in [0.25, 0.3) is 0 Å². The van der Waals surface area contributed by atoms with Gasteiger partial charge >= 0.3 is 12.1 Å². The first-order valence-corrected chi connectivity index (χ1v) is 5.99. The van der Waals surface area contributed by atoms with Crippen LogP contribution < -0.4 is 9.47 Å². The Balaban J connectivity index is 3.03. The molecule has 6 heteroatoms. The maximum atomic E-state index is 12.1. The molecule has 0 N–H and O–H groups in total. The minimum Gasteiger partial charge on any atom is -0.497 e. The van der Waals surface area contributed by atoms with Crippen LogP contribution in [0.5, 0.6) is 11.5 Å². The van der Waals surface area contributed by atoms with Crippen molar-refractivity contribution in [1.82, 2.24) is 0 Å². The van der Waals surface area contributed by atoms with E-state index in [0.717, 1.165) is 0 Å². The third-order valence-corrected chi connectivity index (χ3v) is 2.56. The average Bonchev–Trinajstić information content (AvgIpc) is 2.25. The van der Waals surface area contributed by atoms with Crippen LogP contribution in [0.1, 0.15) is 32.8 Å². The Morgan fingerprint density at radius 3 is 2.25 bits per heavy atom. The lowest BCUT2D eigenvalue weighted by molar-refractivity contribution is -0.164. The first kappa shape index (κ1) is 16.3. The lowest BCUT2D eigenvalue weighted by Crippen LogP contribution is -2.21. The van der Waals surface area contributed by atoms with Crippen molar-refractivity contribution in [3.05, 3.63) is 23.8 Å². The van der Waals surface area contributed by atoms with Gasteiger partial charge in [-0.2, -0.15) is 13.2 Å². The molecule has 0 unspecified atom stereocenters. The largest absolute Gasteiger partial charge is 0.497 e. The van der Waals surface area contributed by atoms with Crippen molar-refractivity contribution < 1.29 is 27.4 Å². The molecule has 112 valence electrons. The highest BCUT2D eigenvalue weighted by atomic mass is 19.4. The second kappa shape index (κ2) is 5.73. The van der Waals surface area contributed by atoms with Crippen LogP contribution in [0.2, 0.25) is 0 Å². The average molecular weight is 290 g/mol. The first-order chi connectivity index (χ1) is 9.03. The zero-order chi connectivity index (χ0) is 15.6. The van der Waals surface area contributed by atoms with Crippen LogP contribution >= 0.6 is 0 Å². The maximum Gasteiger partial charge on any atom is 0.399 e. The van der Waals surface area contributed by atoms with Crippen LogP contribution in [0.15, 0.2) is 18.2 Å². The number of ether oxygens (including phenoxy) is 2. The van der Waals surface area contributed by atoms with E-state index in [-0.39, 0.29) is 5.75 Å². The molecule has 3 nitrogen and oxygen atoms in total. The highest BCUT2D eigenvalue weighted by molar-refractivity contribution is 5.73. The number of esters is 1. The molecule has 0 fully saturated rings. The second-order valence-corrected chi connectivity index (χ2v) is 5.38. The Bertz CT molecular complexity index is 487. The molecule has 0 aliphatic heterocycles. The molecule has 0 bridgehead atoms. The smallest absolute Gasteiger partial charge is 0.399 e. The van der Waals surface area contributed by atoms with Crippen molar-refractivity contribution in [2.75, 3.05) is 7.11 Å². The van der Waals surface area contributed by atoms with Gasteiger partial charge < -0.3 is 9.47 Å². The van der Waals surface area contributed by atoms with E-state index in [1.165, 1.54) is 19.2 Å². The molecule has 0 saturated heterocycles. The van der Waals surface area contributed by atoms with Crippen molar-refractivity contribution in [2.24, 2.45) is 0 Å². The summed E-state index contributed by atoms with van der Waals surface area (Å²) in [7, 11) is 1.48. The zero-order valence-corrected chi connectivity index (χ0v) is 11.8. The molecule has 1 rings (SSSR count). The summed E-state index contributed by atoms with van der Waals surface area (Å²) in [5, 5.41) is 0. The molecule has 0 amide bonds. The Hall–Kier alpha value is -1.72. The van der Waals surface area contributed by atoms with Gasteiger partial charge in [-0.15, -0.1) is 0 Å². The van der Waals surface area contributed by atoms with Crippen molar-refractivity contribution in [1.29, 1.82) is 0 Å². The van der Waals surface area contributed by atoms with Crippen LogP contribution in [-0.2, 0) is 10.2 Å². The van der Waals surface area contributed by atoms with Gasteiger partial charge in [0.2, 0.25) is 0 Å². The number of methoxy groups -OCH3 is 1. The molecular formula is C14H17F3O3. The summed E-state index contributed by atoms with van der Waals surface area (Å²) in [5.74, 6) is -0.661. The molecule has 0 aliphatic rings. The second-order valence-electron chi connectivity index (χ2n) is 5.38. The topological polar surface area (TPSA) is 35.5 Å². The van der Waals surface area contributed by atoms with Gasteiger partial charge in [-0.3, -0.25) is 4.79 Å². The monoisotopic (exact) mass is 290 g/mol. The van der Waals surface area contributed by atoms with E-state index in [2.05, 4.69) is 0 Å². The Morgan fingerprint density at radius 2 is 1.80 bits per heavy atom. The minimum absolute atomic E-state index is 0.118. The summed E-state index contributed by atoms with van der Waals surface area (Å²) < 4.78 is 46.3. The first-order valence-electron chi connectivity index (χ1n) is 5.99. The number of halogens is 3. The highest BCUT2D eigenvalue weighted by Crippen LogP contribution is 2.35. The van der Waals surface area contributed by atoms with Crippen LogP contribution in [-0.4, -0.2) is 19.3 Å². The molecule has 0 saturated carbocycles. The van der Waals surface area contributed by atoms with Crippen molar-refractivity contribution in [3.8, 4) is 11.5 Å². The van der Waals surface area contributed by atoms with Gasteiger partial charge in [0.15, 0.2) is 0 Å². The standard InChI is InChI=1S/C14H17F3O3/c1-13(2,3)10-7-9(19-4)5-6-11(10)20-12(18)8-14(15,16)17/h5-7H,8H2,1-4H3. The summed E-state index contributed by atoms with van der Waals surface area (Å²) in [4.78, 5) is 11.3. The van der Waals surface area contributed by atoms with Crippen LogP contribution in [0.4, 0.5) is 13.2 Å². The Labute approximate surface area is 115 Å². The normalized spacial score (nSPS) is 12.2. The minimum atomic E-state index is -4.58. The number of alkyl halides is 3. The predicted octanol–water partition coefficient (Wildman–Crippen LogP) is 3.85. The molecule has 0 spiro atoms. The molecule has 20 heavy (non-hydrogen) atoms. The van der Waals surface area contributed by atoms with Gasteiger partial charge in [0.1, 0.15) is 17.9 Å². The molecule has 0 atom stereocenters. The van der Waals surface area contributed by atoms with E-state index in [1.807, 2.05) is 20.8 Å². The molecule has 0 aliphatic carbocycles. The van der Waals surface area contributed by atoms with Gasteiger partial charge in [-0.05, 0) is 23.6 Å². The summed E-state index contributed by atoms with van der Waals surface area (Å²) in [6.07, 6.45) is -6.19. The lowest BCUT2D eigenvalue weighted by Gasteiger charge is -2.23. The third kappa shape index (κ3) is 4.75. The van der Waals surface area contributed by atoms with Crippen LogP contribution in [0, 0.1) is 0 Å². The van der Waals surface area contributed by atoms with Gasteiger partial charge in [0, 0.05) is 5.56 Å². The summed E-state index contributed by atoms with van der Waals surface area (Å²) in [5.41, 5.74) is 0.204. The quantitative estimate of drug-likeness (QED) is 0.626. The molecule has 1 aromatic carbocycles. The Kier molecular flexibility index (Phi) is 4.68. The fourth-order valence-corrected chi connectivity index (χ4v) is 1.63. The SMILES string of the molecule is COc1ccc(OC(=O)CC(F)(F)F)c(C(C)(C)C)c1. The Morgan fingerprint density at radius 1 is 1.20 bits per heavy atom. The van der Waals surface area contributed by atoms with E-state index in [1.54, 1.807) is 6.07 Å². The van der Waals surface area contributed by atoms with Gasteiger partial charge in [0.25, 0.3) is 0 Å². The maximum absolute atomic E-state index is 12.1. The number of carbonyl (C=O) groups is 1. The van der Waals surface area contributed by atoms with Crippen molar-refractivity contribution in [3.63, 3.8) is 0 Å². The van der Waals surface area contributed by atoms with Crippen molar-refractivity contribution in [2.45, 2.75) is 38.8 Å². The fourth-order valence-electron chi connectivity index (χ4n) is 1.63. The number of rotatable bonds is 3. The van der Waals surface area contributed by atoms with E-state index in [4.69, 9.17) is 9.47 Å². The number of hydrogen-bond donors (Lipinski definition) is 0. The third-order valence-electron chi connectivity index (χ3n) is 2.56. The lowest BCUT2D eigenvalue weighted by atomic mass is 9.86. The molecule has 0 aromatic heterocycles. The zero-order valence-electron chi connectivity index (χ0n) is 11.8. The summed E-state index contributed by atoms with van der Waals surface area (Å²) in [6, 6.07) is 4.62. The molecule has 1 aromatic rings. The van der Waals surface area contributed by atoms with E-state index in [9.17, 15) is 18.0 Å². The fraction of sp³-hybridized carbons (Fsp3) is 0.500. The van der Waals surface area contributed by atoms with E-state index in [0.29, 0.717) is 11.3 Å². The number of benzene rings is 1. The van der Waals surface area contributed by atoms with Gasteiger partial charge in [0.05, 0.1) is 7.11 Å². The van der Waals surface area contributed by atoms with E-state index < -0.39 is 24.0 Å². The molecular weight excluding hydrogens is 273 g/mol. The number of carbonyl (C=O) groups excluding carboxylic acids is 1. The van der Waals surface area contributed by atoms with Crippen molar-refractivity contribution >= 4 is 5.97 Å². The number of hydrogen-bond acceptors (Lipinski definition) is 3. The summed E-state index contributed by atoms with van der Waals surface area (Å²) in [6.45, 7) is 5.59. The van der Waals surface area contributed by atoms with Gasteiger partial charge in [-0.1, -0.05) is 20.8 Å². The highest BCUT2D eigenvalue weighted by Gasteiger charge is 2.33. The summed E-state index contributed by atoms with van der Waals surface area (Å²) >= 11 is 0. The van der Waals surface area contributed by atoms with Crippen LogP contribution in [0.3, 0.4) is 0 Å².